The molecule has 0 aliphatic carbocycles. The van der Waals surface area contributed by atoms with Crippen molar-refractivity contribution in [1.29, 1.82) is 5.26 Å². The fraction of sp³-hybridized carbons (Fsp3) is 0.0909. The lowest BCUT2D eigenvalue weighted by atomic mass is 10.1. The summed E-state index contributed by atoms with van der Waals surface area (Å²) in [5.41, 5.74) is 1.63. The van der Waals surface area contributed by atoms with Gasteiger partial charge in [-0.25, -0.2) is 0 Å². The van der Waals surface area contributed by atoms with E-state index in [2.05, 4.69) is 11.1 Å². The first-order valence-corrected chi connectivity index (χ1v) is 4.60. The second-order valence-electron chi connectivity index (χ2n) is 2.94. The Morgan fingerprint density at radius 3 is 3.00 bits per heavy atom. The van der Waals surface area contributed by atoms with Crippen LogP contribution < -0.4 is 0 Å². The SMILES string of the molecule is N#CCc1c(Cl)ccc2cccnc12. The number of nitrogens with zero attached hydrogens (tertiary/aromatic N) is 2. The van der Waals surface area contributed by atoms with Crippen molar-refractivity contribution < 1.29 is 0 Å². The van der Waals surface area contributed by atoms with Crippen LogP contribution in [0.2, 0.25) is 5.02 Å². The van der Waals surface area contributed by atoms with Gasteiger partial charge in [0, 0.05) is 22.2 Å². The minimum absolute atomic E-state index is 0.299. The molecule has 0 spiro atoms. The number of benzene rings is 1. The molecule has 0 saturated heterocycles. The molecule has 1 heterocycles. The van der Waals surface area contributed by atoms with E-state index in [0.717, 1.165) is 16.5 Å². The smallest absolute Gasteiger partial charge is 0.0759 e. The van der Waals surface area contributed by atoms with E-state index < -0.39 is 0 Å². The van der Waals surface area contributed by atoms with Crippen molar-refractivity contribution in [3.8, 4) is 6.07 Å². The molecule has 2 rings (SSSR count). The van der Waals surface area contributed by atoms with Crippen LogP contribution in [0.15, 0.2) is 30.5 Å². The highest BCUT2D eigenvalue weighted by atomic mass is 35.5. The lowest BCUT2D eigenvalue weighted by Crippen LogP contribution is -1.89. The lowest BCUT2D eigenvalue weighted by Gasteiger charge is -2.03. The standard InChI is InChI=1S/C11H7ClN2/c12-10-4-3-8-2-1-7-14-11(8)9(10)5-6-13/h1-4,7H,5H2. The van der Waals surface area contributed by atoms with Crippen LogP contribution in [-0.2, 0) is 6.42 Å². The summed E-state index contributed by atoms with van der Waals surface area (Å²) < 4.78 is 0. The summed E-state index contributed by atoms with van der Waals surface area (Å²) in [6.07, 6.45) is 2.01. The maximum atomic E-state index is 8.67. The van der Waals surface area contributed by atoms with Crippen LogP contribution in [0.25, 0.3) is 10.9 Å². The molecule has 0 radical (unpaired) electrons. The highest BCUT2D eigenvalue weighted by Gasteiger charge is 2.05. The van der Waals surface area contributed by atoms with Gasteiger partial charge in [-0.15, -0.1) is 0 Å². The van der Waals surface area contributed by atoms with E-state index in [0.29, 0.717) is 11.4 Å². The number of fused-ring (bicyclic) bond motifs is 1. The van der Waals surface area contributed by atoms with Crippen LogP contribution in [0.1, 0.15) is 5.56 Å². The summed E-state index contributed by atoms with van der Waals surface area (Å²) >= 11 is 5.99. The van der Waals surface area contributed by atoms with Gasteiger partial charge in [-0.3, -0.25) is 4.98 Å². The van der Waals surface area contributed by atoms with E-state index in [1.165, 1.54) is 0 Å². The average molecular weight is 203 g/mol. The van der Waals surface area contributed by atoms with Crippen molar-refractivity contribution >= 4 is 22.5 Å². The fourth-order valence-electron chi connectivity index (χ4n) is 1.43. The Balaban J connectivity index is 2.77. The number of nitriles is 1. The average Bonchev–Trinajstić information content (AvgIpc) is 2.23. The third-order valence-electron chi connectivity index (χ3n) is 2.08. The van der Waals surface area contributed by atoms with E-state index in [1.807, 2.05) is 18.2 Å². The maximum Gasteiger partial charge on any atom is 0.0759 e. The number of hydrogen-bond donors (Lipinski definition) is 0. The Kier molecular flexibility index (Phi) is 2.34. The molecule has 0 amide bonds. The molecule has 2 nitrogen and oxygen atoms in total. The predicted molar refractivity (Wildman–Crippen MR) is 56.1 cm³/mol. The summed E-state index contributed by atoms with van der Waals surface area (Å²) in [7, 11) is 0. The molecular weight excluding hydrogens is 196 g/mol. The molecule has 0 saturated carbocycles. The van der Waals surface area contributed by atoms with Gasteiger partial charge in [0.25, 0.3) is 0 Å². The molecule has 0 aliphatic heterocycles. The Morgan fingerprint density at radius 2 is 2.21 bits per heavy atom. The minimum Gasteiger partial charge on any atom is -0.256 e. The van der Waals surface area contributed by atoms with E-state index in [9.17, 15) is 0 Å². The van der Waals surface area contributed by atoms with Crippen molar-refractivity contribution in [1.82, 2.24) is 4.98 Å². The molecule has 0 unspecified atom stereocenters. The van der Waals surface area contributed by atoms with Gasteiger partial charge in [-0.1, -0.05) is 23.7 Å². The minimum atomic E-state index is 0.299. The molecule has 0 bridgehead atoms. The van der Waals surface area contributed by atoms with Crippen molar-refractivity contribution in [2.24, 2.45) is 0 Å². The van der Waals surface area contributed by atoms with Gasteiger partial charge in [-0.2, -0.15) is 5.26 Å². The van der Waals surface area contributed by atoms with E-state index in [-0.39, 0.29) is 0 Å². The van der Waals surface area contributed by atoms with E-state index >= 15 is 0 Å². The summed E-state index contributed by atoms with van der Waals surface area (Å²) in [5, 5.41) is 10.3. The number of aromatic nitrogens is 1. The first kappa shape index (κ1) is 8.98. The fourth-order valence-corrected chi connectivity index (χ4v) is 1.65. The summed E-state index contributed by atoms with van der Waals surface area (Å²) in [6.45, 7) is 0. The first-order chi connectivity index (χ1) is 6.83. The van der Waals surface area contributed by atoms with Gasteiger partial charge in [0.1, 0.15) is 0 Å². The molecule has 14 heavy (non-hydrogen) atoms. The number of pyridine rings is 1. The molecular formula is C11H7ClN2. The molecule has 0 N–H and O–H groups in total. The highest BCUT2D eigenvalue weighted by Crippen LogP contribution is 2.24. The monoisotopic (exact) mass is 202 g/mol. The third-order valence-corrected chi connectivity index (χ3v) is 2.43. The zero-order valence-corrected chi connectivity index (χ0v) is 8.12. The number of hydrogen-bond acceptors (Lipinski definition) is 2. The maximum absolute atomic E-state index is 8.67. The Labute approximate surface area is 86.8 Å². The zero-order chi connectivity index (χ0) is 9.97. The lowest BCUT2D eigenvalue weighted by molar-refractivity contribution is 1.26. The van der Waals surface area contributed by atoms with Crippen LogP contribution in [0.3, 0.4) is 0 Å². The van der Waals surface area contributed by atoms with Gasteiger partial charge in [0.15, 0.2) is 0 Å². The van der Waals surface area contributed by atoms with Crippen molar-refractivity contribution in [3.05, 3.63) is 41.0 Å². The van der Waals surface area contributed by atoms with Crippen LogP contribution in [0, 0.1) is 11.3 Å². The molecule has 1 aromatic heterocycles. The largest absolute Gasteiger partial charge is 0.256 e. The van der Waals surface area contributed by atoms with Crippen LogP contribution in [-0.4, -0.2) is 4.98 Å². The Hall–Kier alpha value is -1.59. The van der Waals surface area contributed by atoms with Crippen molar-refractivity contribution in [3.63, 3.8) is 0 Å². The van der Waals surface area contributed by atoms with Gasteiger partial charge >= 0.3 is 0 Å². The van der Waals surface area contributed by atoms with E-state index in [4.69, 9.17) is 16.9 Å². The second kappa shape index (κ2) is 3.65. The Bertz CT molecular complexity index is 514. The highest BCUT2D eigenvalue weighted by molar-refractivity contribution is 6.32. The quantitative estimate of drug-likeness (QED) is 0.713. The molecule has 0 atom stereocenters. The van der Waals surface area contributed by atoms with Gasteiger partial charge in [0.05, 0.1) is 18.0 Å². The van der Waals surface area contributed by atoms with Crippen LogP contribution in [0.4, 0.5) is 0 Å². The van der Waals surface area contributed by atoms with Crippen LogP contribution >= 0.6 is 11.6 Å². The third kappa shape index (κ3) is 1.43. The number of halogens is 1. The summed E-state index contributed by atoms with van der Waals surface area (Å²) in [4.78, 5) is 4.23. The first-order valence-electron chi connectivity index (χ1n) is 4.22. The molecule has 0 aliphatic rings. The van der Waals surface area contributed by atoms with Gasteiger partial charge in [0.2, 0.25) is 0 Å². The normalized spacial score (nSPS) is 10.0. The molecule has 68 valence electrons. The van der Waals surface area contributed by atoms with E-state index in [1.54, 1.807) is 12.3 Å². The number of rotatable bonds is 1. The summed E-state index contributed by atoms with van der Waals surface area (Å²) in [5.74, 6) is 0. The van der Waals surface area contributed by atoms with Crippen LogP contribution in [0.5, 0.6) is 0 Å². The molecule has 1 aromatic carbocycles. The summed E-state index contributed by atoms with van der Waals surface area (Å²) in [6, 6.07) is 9.63. The predicted octanol–water partition coefficient (Wildman–Crippen LogP) is 2.95. The zero-order valence-electron chi connectivity index (χ0n) is 7.37. The second-order valence-corrected chi connectivity index (χ2v) is 3.34. The van der Waals surface area contributed by atoms with Crippen molar-refractivity contribution in [2.75, 3.05) is 0 Å². The Morgan fingerprint density at radius 1 is 1.36 bits per heavy atom. The molecule has 2 aromatic rings. The van der Waals surface area contributed by atoms with Gasteiger partial charge < -0.3 is 0 Å². The topological polar surface area (TPSA) is 36.7 Å². The molecule has 0 fully saturated rings. The molecule has 3 heteroatoms. The van der Waals surface area contributed by atoms with Gasteiger partial charge in [-0.05, 0) is 12.1 Å². The van der Waals surface area contributed by atoms with Crippen molar-refractivity contribution in [2.45, 2.75) is 6.42 Å².